The highest BCUT2D eigenvalue weighted by atomic mass is 35.5. The zero-order chi connectivity index (χ0) is 29.1. The Labute approximate surface area is 254 Å². The second-order valence-electron chi connectivity index (χ2n) is 10.9. The summed E-state index contributed by atoms with van der Waals surface area (Å²) in [5.74, 6) is 2.98. The molecule has 2 aromatic carbocycles. The van der Waals surface area contributed by atoms with Crippen molar-refractivity contribution in [2.45, 2.75) is 13.3 Å². The van der Waals surface area contributed by atoms with E-state index in [1.54, 1.807) is 6.20 Å². The van der Waals surface area contributed by atoms with Crippen LogP contribution in [0.5, 0.6) is 0 Å². The van der Waals surface area contributed by atoms with Gasteiger partial charge < -0.3 is 25.1 Å². The first-order chi connectivity index (χ1) is 20.4. The van der Waals surface area contributed by atoms with Gasteiger partial charge in [0.2, 0.25) is 5.91 Å². The number of thioether (sulfide) groups is 1. The van der Waals surface area contributed by atoms with Crippen LogP contribution in [0.1, 0.15) is 11.1 Å². The van der Waals surface area contributed by atoms with Crippen LogP contribution < -0.4 is 15.8 Å². The summed E-state index contributed by atoms with van der Waals surface area (Å²) in [6, 6.07) is 13.9. The molecule has 0 radical (unpaired) electrons. The lowest BCUT2D eigenvalue weighted by atomic mass is 10.1. The van der Waals surface area contributed by atoms with Crippen LogP contribution in [0.15, 0.2) is 53.5 Å². The van der Waals surface area contributed by atoms with Gasteiger partial charge in [0, 0.05) is 74.2 Å². The summed E-state index contributed by atoms with van der Waals surface area (Å²) in [7, 11) is 0. The number of imidazole rings is 1. The maximum absolute atomic E-state index is 13.0. The number of hydrogen-bond acceptors (Lipinski definition) is 7. The number of pyridine rings is 1. The number of rotatable bonds is 8. The van der Waals surface area contributed by atoms with Crippen LogP contribution in [0.25, 0.3) is 22.4 Å². The molecule has 220 valence electrons. The van der Waals surface area contributed by atoms with Crippen molar-refractivity contribution in [1.82, 2.24) is 24.8 Å². The number of fused-ring (bicyclic) bond motifs is 1. The highest BCUT2D eigenvalue weighted by Gasteiger charge is 2.24. The molecule has 0 spiro atoms. The third-order valence-corrected chi connectivity index (χ3v) is 9.22. The molecule has 2 saturated heterocycles. The summed E-state index contributed by atoms with van der Waals surface area (Å²) < 4.78 is 0. The highest BCUT2D eigenvalue weighted by Crippen LogP contribution is 2.30. The zero-order valence-corrected chi connectivity index (χ0v) is 25.4. The molecule has 0 bridgehead atoms. The summed E-state index contributed by atoms with van der Waals surface area (Å²) in [6.45, 7) is 8.22. The first-order valence-corrected chi connectivity index (χ1v) is 16.0. The Morgan fingerprint density at radius 2 is 1.88 bits per heavy atom. The Kier molecular flexibility index (Phi) is 8.73. The number of aryl methyl sites for hydroxylation is 1. The predicted octanol–water partition coefficient (Wildman–Crippen LogP) is 4.23. The molecule has 6 rings (SSSR count). The number of nitrogens with one attached hydrogen (secondary N) is 3. The van der Waals surface area contributed by atoms with Gasteiger partial charge in [-0.25, -0.2) is 4.98 Å². The molecule has 2 aliphatic heterocycles. The van der Waals surface area contributed by atoms with E-state index < -0.39 is 0 Å². The minimum atomic E-state index is -0.205. The fraction of sp³-hybridized carbons (Fsp3) is 0.387. The van der Waals surface area contributed by atoms with Gasteiger partial charge in [0.05, 0.1) is 23.3 Å². The van der Waals surface area contributed by atoms with Crippen LogP contribution in [0, 0.1) is 6.92 Å². The third-order valence-electron chi connectivity index (χ3n) is 8.04. The van der Waals surface area contributed by atoms with E-state index in [9.17, 15) is 9.59 Å². The maximum atomic E-state index is 13.0. The molecule has 0 atom stereocenters. The number of anilines is 2. The van der Waals surface area contributed by atoms with E-state index in [1.165, 1.54) is 0 Å². The Morgan fingerprint density at radius 3 is 2.67 bits per heavy atom. The fourth-order valence-electron chi connectivity index (χ4n) is 5.73. The van der Waals surface area contributed by atoms with Crippen LogP contribution in [-0.2, 0) is 11.2 Å². The van der Waals surface area contributed by atoms with E-state index in [0.717, 1.165) is 90.7 Å². The van der Waals surface area contributed by atoms with Crippen molar-refractivity contribution in [2.75, 3.05) is 74.1 Å². The van der Waals surface area contributed by atoms with Gasteiger partial charge in [0.25, 0.3) is 5.56 Å². The van der Waals surface area contributed by atoms with Crippen LogP contribution in [0.2, 0.25) is 5.02 Å². The van der Waals surface area contributed by atoms with E-state index in [-0.39, 0.29) is 11.5 Å². The zero-order valence-electron chi connectivity index (χ0n) is 23.8. The number of hydrogen-bond donors (Lipinski definition) is 3. The first kappa shape index (κ1) is 28.6. The Hall–Kier alpha value is -3.47. The SMILES string of the molecule is Cc1cc(N2CCN(C(=O)CN3CCSCC3)CC2)cc2[nH]c(-c3c(NCCc4cccc(Cl)c4)cc[nH]c3=O)nc12. The van der Waals surface area contributed by atoms with Crippen molar-refractivity contribution in [3.63, 3.8) is 0 Å². The van der Waals surface area contributed by atoms with Gasteiger partial charge in [-0.1, -0.05) is 23.7 Å². The average molecular weight is 606 g/mol. The van der Waals surface area contributed by atoms with Gasteiger partial charge >= 0.3 is 0 Å². The summed E-state index contributed by atoms with van der Waals surface area (Å²) in [5, 5.41) is 4.13. The third kappa shape index (κ3) is 6.45. The van der Waals surface area contributed by atoms with Gasteiger partial charge in [-0.3, -0.25) is 14.5 Å². The maximum Gasteiger partial charge on any atom is 0.261 e. The monoisotopic (exact) mass is 605 g/mol. The van der Waals surface area contributed by atoms with Crippen LogP contribution >= 0.6 is 23.4 Å². The number of aromatic amines is 2. The van der Waals surface area contributed by atoms with Gasteiger partial charge in [-0.15, -0.1) is 0 Å². The number of halogens is 1. The Balaban J connectivity index is 1.15. The molecule has 0 saturated carbocycles. The van der Waals surface area contributed by atoms with Crippen molar-refractivity contribution in [2.24, 2.45) is 0 Å². The topological polar surface area (TPSA) is 100 Å². The number of piperazine rings is 1. The van der Waals surface area contributed by atoms with Crippen molar-refractivity contribution in [1.29, 1.82) is 0 Å². The quantitative estimate of drug-likeness (QED) is 0.276. The average Bonchev–Trinajstić information content (AvgIpc) is 3.42. The van der Waals surface area contributed by atoms with E-state index in [2.05, 4.69) is 37.2 Å². The molecule has 1 amide bonds. The Bertz CT molecular complexity index is 1620. The van der Waals surface area contributed by atoms with E-state index in [1.807, 2.05) is 53.9 Å². The summed E-state index contributed by atoms with van der Waals surface area (Å²) in [6.07, 6.45) is 2.42. The number of amides is 1. The van der Waals surface area contributed by atoms with E-state index in [0.29, 0.717) is 29.5 Å². The number of carbonyl (C=O) groups is 1. The number of aromatic nitrogens is 3. The number of carbonyl (C=O) groups excluding carboxylic acids is 1. The molecule has 2 aliphatic rings. The normalized spacial score (nSPS) is 16.2. The lowest BCUT2D eigenvalue weighted by Crippen LogP contribution is -2.52. The van der Waals surface area contributed by atoms with Crippen molar-refractivity contribution < 1.29 is 4.79 Å². The molecule has 0 unspecified atom stereocenters. The molecule has 0 aliphatic carbocycles. The summed E-state index contributed by atoms with van der Waals surface area (Å²) in [5.41, 5.74) is 5.99. The number of benzene rings is 2. The predicted molar refractivity (Wildman–Crippen MR) is 173 cm³/mol. The smallest absolute Gasteiger partial charge is 0.261 e. The largest absolute Gasteiger partial charge is 0.384 e. The second kappa shape index (κ2) is 12.8. The molecular weight excluding hydrogens is 570 g/mol. The van der Waals surface area contributed by atoms with Gasteiger partial charge in [-0.05, 0) is 54.8 Å². The highest BCUT2D eigenvalue weighted by molar-refractivity contribution is 7.99. The molecule has 42 heavy (non-hydrogen) atoms. The van der Waals surface area contributed by atoms with Crippen LogP contribution in [0.3, 0.4) is 0 Å². The second-order valence-corrected chi connectivity index (χ2v) is 12.6. The molecule has 4 aromatic rings. The van der Waals surface area contributed by atoms with Crippen LogP contribution in [0.4, 0.5) is 11.4 Å². The van der Waals surface area contributed by atoms with E-state index >= 15 is 0 Å². The number of nitrogens with zero attached hydrogens (tertiary/aromatic N) is 4. The first-order valence-electron chi connectivity index (χ1n) is 14.5. The molecule has 9 nitrogen and oxygen atoms in total. The van der Waals surface area contributed by atoms with Gasteiger partial charge in [0.15, 0.2) is 0 Å². The van der Waals surface area contributed by atoms with Crippen LogP contribution in [-0.4, -0.2) is 94.5 Å². The van der Waals surface area contributed by atoms with Gasteiger partial charge in [0.1, 0.15) is 11.4 Å². The van der Waals surface area contributed by atoms with Crippen molar-refractivity contribution in [3.05, 3.63) is 75.2 Å². The molecule has 2 aromatic heterocycles. The number of H-pyrrole nitrogens is 2. The lowest BCUT2D eigenvalue weighted by molar-refractivity contribution is -0.132. The summed E-state index contributed by atoms with van der Waals surface area (Å²) in [4.78, 5) is 43.5. The minimum absolute atomic E-state index is 0.205. The molecular formula is C31H36ClN7O2S. The standard InChI is InChI=1S/C31H36ClN7O2S/c1-21-17-24(38-9-11-39(12-10-38)27(40)20-37-13-15-42-16-14-37)19-26-29(21)36-30(35-26)28-25(6-8-34-31(28)41)33-7-5-22-3-2-4-23(32)18-22/h2-4,6,8,17-19H,5,7,9-16,20H2,1H3,(H,35,36)(H2,33,34,41). The summed E-state index contributed by atoms with van der Waals surface area (Å²) >= 11 is 8.09. The lowest BCUT2D eigenvalue weighted by Gasteiger charge is -2.37. The fourth-order valence-corrected chi connectivity index (χ4v) is 6.92. The molecule has 2 fully saturated rings. The molecule has 3 N–H and O–H groups in total. The van der Waals surface area contributed by atoms with Crippen molar-refractivity contribution >= 4 is 51.7 Å². The molecule has 11 heteroatoms. The van der Waals surface area contributed by atoms with Crippen molar-refractivity contribution in [3.8, 4) is 11.4 Å². The Morgan fingerprint density at radius 1 is 1.07 bits per heavy atom. The van der Waals surface area contributed by atoms with E-state index in [4.69, 9.17) is 16.6 Å². The molecule has 4 heterocycles. The van der Waals surface area contributed by atoms with Gasteiger partial charge in [-0.2, -0.15) is 11.8 Å². The minimum Gasteiger partial charge on any atom is -0.384 e.